The molecule has 0 bridgehead atoms. The van der Waals surface area contributed by atoms with Crippen LogP contribution in [0.25, 0.3) is 0 Å². The number of amides is 3. The molecule has 7 heteroatoms. The van der Waals surface area contributed by atoms with Crippen molar-refractivity contribution >= 4 is 17.6 Å². The number of likely N-dealkylation sites (tertiary alicyclic amines) is 1. The highest BCUT2D eigenvalue weighted by Crippen LogP contribution is 2.24. The second kappa shape index (κ2) is 8.40. The number of urea groups is 1. The first kappa shape index (κ1) is 20.7. The van der Waals surface area contributed by atoms with Crippen molar-refractivity contribution in [3.05, 3.63) is 30.3 Å². The molecule has 1 unspecified atom stereocenters. The molecule has 0 aliphatic carbocycles. The van der Waals surface area contributed by atoms with Crippen LogP contribution < -0.4 is 16.4 Å². The monoisotopic (exact) mass is 371 g/mol. The number of hydrogen-bond acceptors (Lipinski definition) is 4. The molecule has 146 valence electrons. The van der Waals surface area contributed by atoms with E-state index in [9.17, 15) is 14.9 Å². The van der Waals surface area contributed by atoms with Gasteiger partial charge in [0.05, 0.1) is 12.1 Å². The highest BCUT2D eigenvalue weighted by atomic mass is 16.2. The third-order valence-corrected chi connectivity index (χ3v) is 4.67. The van der Waals surface area contributed by atoms with Gasteiger partial charge in [0.25, 0.3) is 0 Å². The highest BCUT2D eigenvalue weighted by Gasteiger charge is 2.38. The summed E-state index contributed by atoms with van der Waals surface area (Å²) in [5, 5.41) is 15.3. The van der Waals surface area contributed by atoms with Crippen molar-refractivity contribution in [1.82, 2.24) is 10.2 Å². The molecule has 1 aliphatic rings. The Morgan fingerprint density at radius 1 is 1.26 bits per heavy atom. The number of rotatable bonds is 4. The standard InChI is InChI=1S/C20H29N5O2/c1-19(2,3)13-16(22)17(26)24-20(14-21)9-11-25(12-10-20)18(27)23-15-7-5-4-6-8-15/h4-8,16H,9-13,22H2,1-3H3,(H,23,27)(H,24,26). The van der Waals surface area contributed by atoms with Gasteiger partial charge in [-0.2, -0.15) is 5.26 Å². The van der Waals surface area contributed by atoms with Crippen LogP contribution in [0.5, 0.6) is 0 Å². The summed E-state index contributed by atoms with van der Waals surface area (Å²) in [5.74, 6) is -0.311. The minimum atomic E-state index is -0.976. The molecule has 0 aromatic heterocycles. The topological polar surface area (TPSA) is 111 Å². The lowest BCUT2D eigenvalue weighted by Gasteiger charge is -2.38. The number of nitriles is 1. The average Bonchev–Trinajstić information content (AvgIpc) is 2.61. The van der Waals surface area contributed by atoms with E-state index in [0.717, 1.165) is 5.69 Å². The normalized spacial score (nSPS) is 17.5. The summed E-state index contributed by atoms with van der Waals surface area (Å²) >= 11 is 0. The third-order valence-electron chi connectivity index (χ3n) is 4.67. The number of nitrogens with two attached hydrogens (primary N) is 1. The molecule has 3 amide bonds. The van der Waals surface area contributed by atoms with Gasteiger partial charge in [0, 0.05) is 31.6 Å². The first-order valence-corrected chi connectivity index (χ1v) is 9.24. The molecule has 2 rings (SSSR count). The largest absolute Gasteiger partial charge is 0.336 e. The molecule has 0 radical (unpaired) electrons. The van der Waals surface area contributed by atoms with Gasteiger partial charge in [0.1, 0.15) is 5.54 Å². The molecular weight excluding hydrogens is 342 g/mol. The van der Waals surface area contributed by atoms with Crippen LogP contribution in [0.3, 0.4) is 0 Å². The Kier molecular flexibility index (Phi) is 6.45. The zero-order valence-corrected chi connectivity index (χ0v) is 16.3. The second-order valence-electron chi connectivity index (χ2n) is 8.34. The lowest BCUT2D eigenvalue weighted by molar-refractivity contribution is -0.124. The quantitative estimate of drug-likeness (QED) is 0.755. The lowest BCUT2D eigenvalue weighted by Crippen LogP contribution is -2.58. The molecule has 0 spiro atoms. The number of nitrogens with zero attached hydrogens (tertiary/aromatic N) is 2. The highest BCUT2D eigenvalue weighted by molar-refractivity contribution is 5.89. The van der Waals surface area contributed by atoms with Gasteiger partial charge < -0.3 is 21.3 Å². The Labute approximate surface area is 160 Å². The summed E-state index contributed by atoms with van der Waals surface area (Å²) in [6, 6.07) is 10.6. The predicted molar refractivity (Wildman–Crippen MR) is 105 cm³/mol. The van der Waals surface area contributed by atoms with Crippen molar-refractivity contribution in [2.75, 3.05) is 18.4 Å². The maximum atomic E-state index is 12.4. The van der Waals surface area contributed by atoms with Crippen molar-refractivity contribution in [2.24, 2.45) is 11.1 Å². The Morgan fingerprint density at radius 3 is 2.37 bits per heavy atom. The molecule has 27 heavy (non-hydrogen) atoms. The number of carbonyl (C=O) groups excluding carboxylic acids is 2. The molecule has 0 saturated carbocycles. The summed E-state index contributed by atoms with van der Waals surface area (Å²) in [6.45, 7) is 6.83. The molecule has 1 atom stereocenters. The van der Waals surface area contributed by atoms with Gasteiger partial charge in [0.15, 0.2) is 0 Å². The SMILES string of the molecule is CC(C)(C)CC(N)C(=O)NC1(C#N)CCN(C(=O)Nc2ccccc2)CC1. The number of piperidine rings is 1. The van der Waals surface area contributed by atoms with Crippen LogP contribution >= 0.6 is 0 Å². The minimum Gasteiger partial charge on any atom is -0.336 e. The van der Waals surface area contributed by atoms with Crippen molar-refractivity contribution in [1.29, 1.82) is 5.26 Å². The fourth-order valence-corrected chi connectivity index (χ4v) is 3.16. The maximum absolute atomic E-state index is 12.4. The van der Waals surface area contributed by atoms with E-state index in [0.29, 0.717) is 32.4 Å². The number of nitrogens with one attached hydrogen (secondary N) is 2. The van der Waals surface area contributed by atoms with Crippen LogP contribution in [-0.2, 0) is 4.79 Å². The average molecular weight is 371 g/mol. The van der Waals surface area contributed by atoms with E-state index in [1.54, 1.807) is 4.90 Å². The molecule has 4 N–H and O–H groups in total. The van der Waals surface area contributed by atoms with Gasteiger partial charge in [-0.15, -0.1) is 0 Å². The zero-order chi connectivity index (χ0) is 20.1. The Balaban J connectivity index is 1.91. The number of para-hydroxylation sites is 1. The van der Waals surface area contributed by atoms with Gasteiger partial charge in [0.2, 0.25) is 5.91 Å². The van der Waals surface area contributed by atoms with E-state index in [2.05, 4.69) is 16.7 Å². The van der Waals surface area contributed by atoms with Crippen molar-refractivity contribution in [3.8, 4) is 6.07 Å². The van der Waals surface area contributed by atoms with Crippen LogP contribution in [0.1, 0.15) is 40.0 Å². The molecule has 1 fully saturated rings. The summed E-state index contributed by atoms with van der Waals surface area (Å²) in [5.41, 5.74) is 5.67. The van der Waals surface area contributed by atoms with Crippen molar-refractivity contribution in [3.63, 3.8) is 0 Å². The summed E-state index contributed by atoms with van der Waals surface area (Å²) in [7, 11) is 0. The smallest absolute Gasteiger partial charge is 0.321 e. The summed E-state index contributed by atoms with van der Waals surface area (Å²) < 4.78 is 0. The summed E-state index contributed by atoms with van der Waals surface area (Å²) in [6.07, 6.45) is 1.28. The number of anilines is 1. The Morgan fingerprint density at radius 2 is 1.85 bits per heavy atom. The predicted octanol–water partition coefficient (Wildman–Crippen LogP) is 2.46. The molecule has 1 aliphatic heterocycles. The van der Waals surface area contributed by atoms with E-state index in [-0.39, 0.29) is 17.4 Å². The van der Waals surface area contributed by atoms with Crippen LogP contribution in [0.15, 0.2) is 30.3 Å². The molecular formula is C20H29N5O2. The van der Waals surface area contributed by atoms with Crippen LogP contribution in [-0.4, -0.2) is 41.5 Å². The zero-order valence-electron chi connectivity index (χ0n) is 16.3. The fourth-order valence-electron chi connectivity index (χ4n) is 3.16. The lowest BCUT2D eigenvalue weighted by atomic mass is 9.86. The van der Waals surface area contributed by atoms with Gasteiger partial charge in [-0.25, -0.2) is 4.79 Å². The maximum Gasteiger partial charge on any atom is 0.321 e. The van der Waals surface area contributed by atoms with E-state index in [1.807, 2.05) is 51.1 Å². The van der Waals surface area contributed by atoms with Gasteiger partial charge >= 0.3 is 6.03 Å². The first-order valence-electron chi connectivity index (χ1n) is 9.24. The molecule has 1 aromatic rings. The Hall–Kier alpha value is -2.59. The van der Waals surface area contributed by atoms with E-state index in [1.165, 1.54) is 0 Å². The number of hydrogen-bond donors (Lipinski definition) is 3. The number of benzene rings is 1. The van der Waals surface area contributed by atoms with E-state index < -0.39 is 11.6 Å². The molecule has 1 heterocycles. The molecule has 1 saturated heterocycles. The van der Waals surface area contributed by atoms with Crippen LogP contribution in [0.4, 0.5) is 10.5 Å². The fraction of sp³-hybridized carbons (Fsp3) is 0.550. The van der Waals surface area contributed by atoms with Gasteiger partial charge in [-0.3, -0.25) is 4.79 Å². The van der Waals surface area contributed by atoms with Crippen LogP contribution in [0, 0.1) is 16.7 Å². The Bertz CT molecular complexity index is 697. The first-order chi connectivity index (χ1) is 12.6. The van der Waals surface area contributed by atoms with E-state index in [4.69, 9.17) is 5.73 Å². The molecule has 7 nitrogen and oxygen atoms in total. The molecule has 1 aromatic carbocycles. The van der Waals surface area contributed by atoms with Gasteiger partial charge in [-0.1, -0.05) is 39.0 Å². The van der Waals surface area contributed by atoms with Crippen molar-refractivity contribution < 1.29 is 9.59 Å². The minimum absolute atomic E-state index is 0.0740. The summed E-state index contributed by atoms with van der Waals surface area (Å²) in [4.78, 5) is 26.5. The third kappa shape index (κ3) is 5.97. The van der Waals surface area contributed by atoms with E-state index >= 15 is 0 Å². The second-order valence-corrected chi connectivity index (χ2v) is 8.34. The number of carbonyl (C=O) groups is 2. The van der Waals surface area contributed by atoms with Gasteiger partial charge in [-0.05, 0) is 24.0 Å². The van der Waals surface area contributed by atoms with Crippen LogP contribution in [0.2, 0.25) is 0 Å². The van der Waals surface area contributed by atoms with Crippen molar-refractivity contribution in [2.45, 2.75) is 51.6 Å².